The molecule has 3 saturated carbocycles. The highest BCUT2D eigenvalue weighted by Gasteiger charge is 2.55. The second-order valence-electron chi connectivity index (χ2n) is 6.72. The van der Waals surface area contributed by atoms with Gasteiger partial charge in [-0.25, -0.2) is 0 Å². The first-order valence-corrected chi connectivity index (χ1v) is 7.22. The van der Waals surface area contributed by atoms with E-state index in [1.807, 2.05) is 0 Å². The zero-order valence-corrected chi connectivity index (χ0v) is 10.6. The van der Waals surface area contributed by atoms with Gasteiger partial charge in [-0.3, -0.25) is 4.79 Å². The summed E-state index contributed by atoms with van der Waals surface area (Å²) in [5.74, 6) is 1.40. The monoisotopic (exact) mass is 220 g/mol. The first-order valence-electron chi connectivity index (χ1n) is 7.22. The van der Waals surface area contributed by atoms with Crippen LogP contribution in [0.5, 0.6) is 0 Å². The molecule has 1 spiro atoms. The van der Waals surface area contributed by atoms with E-state index >= 15 is 0 Å². The molecule has 90 valence electrons. The normalized spacial score (nSPS) is 42.3. The summed E-state index contributed by atoms with van der Waals surface area (Å²) >= 11 is 0. The maximum absolute atomic E-state index is 12.9. The van der Waals surface area contributed by atoms with Gasteiger partial charge in [-0.2, -0.15) is 0 Å². The van der Waals surface area contributed by atoms with Gasteiger partial charge in [0, 0.05) is 10.8 Å². The summed E-state index contributed by atoms with van der Waals surface area (Å²) in [7, 11) is 0. The Morgan fingerprint density at radius 1 is 0.938 bits per heavy atom. The van der Waals surface area contributed by atoms with Crippen LogP contribution in [0.4, 0.5) is 0 Å². The molecule has 0 heterocycles. The summed E-state index contributed by atoms with van der Waals surface area (Å²) in [5, 5.41) is 0. The molecule has 0 aromatic heterocycles. The molecule has 3 fully saturated rings. The molecular weight excluding hydrogens is 196 g/mol. The maximum Gasteiger partial charge on any atom is 0.145 e. The molecule has 0 aromatic rings. The van der Waals surface area contributed by atoms with E-state index in [0.717, 1.165) is 5.92 Å². The van der Waals surface area contributed by atoms with Crippen molar-refractivity contribution in [3.8, 4) is 0 Å². The maximum atomic E-state index is 12.9. The van der Waals surface area contributed by atoms with Crippen molar-refractivity contribution in [2.24, 2.45) is 16.7 Å². The fourth-order valence-electron chi connectivity index (χ4n) is 4.87. The Morgan fingerprint density at radius 2 is 1.62 bits per heavy atom. The van der Waals surface area contributed by atoms with Crippen LogP contribution in [-0.2, 0) is 4.79 Å². The first-order chi connectivity index (χ1) is 7.67. The predicted octanol–water partition coefficient (Wildman–Crippen LogP) is 4.11. The molecular formula is C15H24O. The van der Waals surface area contributed by atoms with Gasteiger partial charge in [0.1, 0.15) is 5.78 Å². The molecule has 3 rings (SSSR count). The molecule has 16 heavy (non-hydrogen) atoms. The molecule has 0 radical (unpaired) electrons. The largest absolute Gasteiger partial charge is 0.298 e. The van der Waals surface area contributed by atoms with Crippen LogP contribution in [0.3, 0.4) is 0 Å². The Morgan fingerprint density at radius 3 is 2.38 bits per heavy atom. The molecule has 0 N–H and O–H groups in total. The lowest BCUT2D eigenvalue weighted by Gasteiger charge is -2.50. The minimum absolute atomic E-state index is 0.0703. The van der Waals surface area contributed by atoms with Crippen molar-refractivity contribution in [1.29, 1.82) is 0 Å². The molecule has 0 bridgehead atoms. The first kappa shape index (κ1) is 10.8. The molecule has 0 saturated heterocycles. The van der Waals surface area contributed by atoms with E-state index < -0.39 is 0 Å². The summed E-state index contributed by atoms with van der Waals surface area (Å²) in [6.07, 6.45) is 12.7. The van der Waals surface area contributed by atoms with Crippen molar-refractivity contribution in [2.75, 3.05) is 0 Å². The molecule has 3 aliphatic rings. The minimum atomic E-state index is 0.0703. The topological polar surface area (TPSA) is 17.1 Å². The van der Waals surface area contributed by atoms with E-state index in [-0.39, 0.29) is 10.8 Å². The van der Waals surface area contributed by atoms with Gasteiger partial charge in [0.25, 0.3) is 0 Å². The summed E-state index contributed by atoms with van der Waals surface area (Å²) in [6, 6.07) is 0. The number of rotatable bonds is 0. The molecule has 0 amide bonds. The van der Waals surface area contributed by atoms with Gasteiger partial charge in [-0.1, -0.05) is 32.6 Å². The van der Waals surface area contributed by atoms with Crippen molar-refractivity contribution in [3.05, 3.63) is 0 Å². The minimum Gasteiger partial charge on any atom is -0.298 e. The van der Waals surface area contributed by atoms with E-state index in [4.69, 9.17) is 0 Å². The fourth-order valence-corrected chi connectivity index (χ4v) is 4.87. The Hall–Kier alpha value is -0.330. The van der Waals surface area contributed by atoms with Gasteiger partial charge in [-0.15, -0.1) is 0 Å². The molecule has 2 atom stereocenters. The Kier molecular flexibility index (Phi) is 2.42. The average Bonchev–Trinajstić information content (AvgIpc) is 2.75. The highest BCUT2D eigenvalue weighted by molar-refractivity contribution is 5.91. The van der Waals surface area contributed by atoms with Crippen molar-refractivity contribution < 1.29 is 4.79 Å². The molecule has 2 unspecified atom stereocenters. The van der Waals surface area contributed by atoms with Gasteiger partial charge in [0.05, 0.1) is 0 Å². The second kappa shape index (κ2) is 3.58. The zero-order chi connectivity index (χ0) is 11.2. The summed E-state index contributed by atoms with van der Waals surface area (Å²) in [4.78, 5) is 12.9. The third-order valence-corrected chi connectivity index (χ3v) is 5.93. The fraction of sp³-hybridized carbons (Fsp3) is 0.933. The average molecular weight is 220 g/mol. The number of carbonyl (C=O) groups is 1. The van der Waals surface area contributed by atoms with Crippen LogP contribution in [-0.4, -0.2) is 5.78 Å². The zero-order valence-electron chi connectivity index (χ0n) is 10.6. The second-order valence-corrected chi connectivity index (χ2v) is 6.72. The van der Waals surface area contributed by atoms with Crippen LogP contribution >= 0.6 is 0 Å². The van der Waals surface area contributed by atoms with Gasteiger partial charge in [0.2, 0.25) is 0 Å². The van der Waals surface area contributed by atoms with Gasteiger partial charge in [-0.05, 0) is 44.4 Å². The highest BCUT2D eigenvalue weighted by Crippen LogP contribution is 2.58. The van der Waals surface area contributed by atoms with Crippen LogP contribution in [0.1, 0.15) is 71.1 Å². The molecule has 1 heteroatoms. The van der Waals surface area contributed by atoms with E-state index in [1.54, 1.807) is 0 Å². The number of carbonyl (C=O) groups excluding carboxylic acids is 1. The quantitative estimate of drug-likeness (QED) is 0.600. The highest BCUT2D eigenvalue weighted by atomic mass is 16.1. The number of Topliss-reactive ketones (excluding diaryl/α,β-unsaturated/α-hetero) is 1. The third kappa shape index (κ3) is 1.33. The van der Waals surface area contributed by atoms with Crippen LogP contribution in [0, 0.1) is 16.7 Å². The van der Waals surface area contributed by atoms with Crippen molar-refractivity contribution in [3.63, 3.8) is 0 Å². The van der Waals surface area contributed by atoms with Crippen LogP contribution in [0.2, 0.25) is 0 Å². The van der Waals surface area contributed by atoms with Crippen LogP contribution in [0.15, 0.2) is 0 Å². The Labute approximate surface area is 99.0 Å². The van der Waals surface area contributed by atoms with E-state index in [0.29, 0.717) is 5.78 Å². The Bertz CT molecular complexity index is 301. The molecule has 3 aliphatic carbocycles. The Balaban J connectivity index is 1.91. The van der Waals surface area contributed by atoms with Crippen molar-refractivity contribution in [2.45, 2.75) is 71.1 Å². The number of fused-ring (bicyclic) bond motifs is 1. The van der Waals surface area contributed by atoms with Crippen LogP contribution in [0.25, 0.3) is 0 Å². The number of ketones is 1. The summed E-state index contributed by atoms with van der Waals surface area (Å²) in [5.41, 5.74) is 0.212. The van der Waals surface area contributed by atoms with Crippen molar-refractivity contribution >= 4 is 5.78 Å². The molecule has 0 aliphatic heterocycles. The van der Waals surface area contributed by atoms with Gasteiger partial charge >= 0.3 is 0 Å². The van der Waals surface area contributed by atoms with Crippen molar-refractivity contribution in [1.82, 2.24) is 0 Å². The molecule has 1 nitrogen and oxygen atoms in total. The third-order valence-electron chi connectivity index (χ3n) is 5.93. The van der Waals surface area contributed by atoms with E-state index in [2.05, 4.69) is 6.92 Å². The van der Waals surface area contributed by atoms with E-state index in [1.165, 1.54) is 64.2 Å². The lowest BCUT2D eigenvalue weighted by Crippen LogP contribution is -2.50. The molecule has 0 aromatic carbocycles. The lowest BCUT2D eigenvalue weighted by atomic mass is 9.52. The van der Waals surface area contributed by atoms with Gasteiger partial charge < -0.3 is 0 Å². The summed E-state index contributed by atoms with van der Waals surface area (Å²) in [6.45, 7) is 2.29. The SMILES string of the molecule is CC12CCCCC1CCC1(CCCC1)C2=O. The number of hydrogen-bond donors (Lipinski definition) is 0. The standard InChI is InChI=1S/C15H24O/c1-14-8-3-2-6-12(14)7-11-15(13(14)16)9-4-5-10-15/h12H,2-11H2,1H3. The van der Waals surface area contributed by atoms with E-state index in [9.17, 15) is 4.79 Å². The number of hydrogen-bond acceptors (Lipinski definition) is 1. The lowest BCUT2D eigenvalue weighted by molar-refractivity contribution is -0.150. The van der Waals surface area contributed by atoms with Gasteiger partial charge in [0.15, 0.2) is 0 Å². The predicted molar refractivity (Wildman–Crippen MR) is 65.2 cm³/mol. The smallest absolute Gasteiger partial charge is 0.145 e. The summed E-state index contributed by atoms with van der Waals surface area (Å²) < 4.78 is 0. The van der Waals surface area contributed by atoms with Crippen LogP contribution < -0.4 is 0 Å².